The predicted octanol–water partition coefficient (Wildman–Crippen LogP) is 21.6. The van der Waals surface area contributed by atoms with E-state index in [1.807, 2.05) is 0 Å². The summed E-state index contributed by atoms with van der Waals surface area (Å²) in [6.07, 6.45) is 88.2. The van der Waals surface area contributed by atoms with E-state index in [-0.39, 0.29) is 31.1 Å². The van der Waals surface area contributed by atoms with Crippen molar-refractivity contribution < 1.29 is 28.6 Å². The highest BCUT2D eigenvalue weighted by Crippen LogP contribution is 2.16. The minimum atomic E-state index is -0.782. The maximum absolute atomic E-state index is 12.8. The number of ether oxygens (including phenoxy) is 3. The Morgan fingerprint density at radius 2 is 0.513 bits per heavy atom. The van der Waals surface area contributed by atoms with Crippen molar-refractivity contribution >= 4 is 17.9 Å². The summed E-state index contributed by atoms with van der Waals surface area (Å²) in [5, 5.41) is 0. The number of esters is 3. The molecule has 0 fully saturated rings. The highest BCUT2D eigenvalue weighted by atomic mass is 16.6. The van der Waals surface area contributed by atoms with Crippen LogP contribution in [0, 0.1) is 0 Å². The zero-order valence-corrected chi connectivity index (χ0v) is 49.5. The molecule has 0 saturated carbocycles. The fourth-order valence-electron chi connectivity index (χ4n) is 8.56. The van der Waals surface area contributed by atoms with E-state index in [1.165, 1.54) is 116 Å². The molecule has 0 aromatic rings. The topological polar surface area (TPSA) is 78.9 Å². The third-order valence-electron chi connectivity index (χ3n) is 13.2. The van der Waals surface area contributed by atoms with Gasteiger partial charge in [0, 0.05) is 19.3 Å². The van der Waals surface area contributed by atoms with Gasteiger partial charge in [-0.3, -0.25) is 14.4 Å². The summed E-state index contributed by atoms with van der Waals surface area (Å²) < 4.78 is 16.8. The Balaban J connectivity index is 4.04. The van der Waals surface area contributed by atoms with Crippen molar-refractivity contribution in [2.75, 3.05) is 13.2 Å². The van der Waals surface area contributed by atoms with E-state index in [4.69, 9.17) is 14.2 Å². The molecule has 0 N–H and O–H groups in total. The molecule has 1 unspecified atom stereocenters. The summed E-state index contributed by atoms with van der Waals surface area (Å²) in [7, 11) is 0. The van der Waals surface area contributed by atoms with Gasteiger partial charge in [0.25, 0.3) is 0 Å². The number of carbonyl (C=O) groups is 3. The molecule has 0 aromatic heterocycles. The standard InChI is InChI=1S/C70H116O6/c1-4-7-10-13-16-18-20-22-24-26-27-28-29-30-31-32-33-34-35-36-37-38-39-40-41-42-43-45-46-48-50-52-54-57-60-63-69(72)75-66-67(65-74-68(71)62-59-56-15-12-9-6-3)76-70(73)64-61-58-55-53-51-49-47-44-25-23-21-19-17-14-11-8-5-2/h7-8,10-11,16-19,22-25,27-28,30-31,33-34,36-37,67H,4-6,9,12-15,20-21,26,29,32,35,38-66H2,1-3H3/b10-7-,11-8-,18-16-,19-17-,24-22-,25-23-,28-27-,31-30-,34-33-,37-36-. The van der Waals surface area contributed by atoms with Crippen molar-refractivity contribution in [3.05, 3.63) is 122 Å². The van der Waals surface area contributed by atoms with Gasteiger partial charge in [-0.25, -0.2) is 0 Å². The second kappa shape index (κ2) is 63.3. The van der Waals surface area contributed by atoms with Crippen LogP contribution in [0.15, 0.2) is 122 Å². The molecule has 6 nitrogen and oxygen atoms in total. The third-order valence-corrected chi connectivity index (χ3v) is 13.2. The average molecular weight is 1050 g/mol. The minimum Gasteiger partial charge on any atom is -0.462 e. The van der Waals surface area contributed by atoms with Gasteiger partial charge in [0.15, 0.2) is 6.10 Å². The van der Waals surface area contributed by atoms with Gasteiger partial charge in [0.2, 0.25) is 0 Å². The zero-order chi connectivity index (χ0) is 55.0. The van der Waals surface area contributed by atoms with Crippen LogP contribution in [0.1, 0.15) is 284 Å². The van der Waals surface area contributed by atoms with Gasteiger partial charge in [-0.05, 0) is 109 Å². The van der Waals surface area contributed by atoms with Gasteiger partial charge in [0.05, 0.1) is 0 Å². The Morgan fingerprint density at radius 3 is 0.803 bits per heavy atom. The molecule has 0 amide bonds. The van der Waals surface area contributed by atoms with Gasteiger partial charge in [-0.2, -0.15) is 0 Å². The molecule has 6 heteroatoms. The lowest BCUT2D eigenvalue weighted by molar-refractivity contribution is -0.167. The van der Waals surface area contributed by atoms with Crippen LogP contribution in [-0.4, -0.2) is 37.2 Å². The second-order valence-corrected chi connectivity index (χ2v) is 20.6. The van der Waals surface area contributed by atoms with Crippen LogP contribution in [0.5, 0.6) is 0 Å². The Hall–Kier alpha value is -4.19. The number of hydrogen-bond donors (Lipinski definition) is 0. The van der Waals surface area contributed by atoms with Gasteiger partial charge in [0.1, 0.15) is 13.2 Å². The van der Waals surface area contributed by atoms with Crippen molar-refractivity contribution in [1.82, 2.24) is 0 Å². The predicted molar refractivity (Wildman–Crippen MR) is 330 cm³/mol. The van der Waals surface area contributed by atoms with E-state index in [0.29, 0.717) is 19.3 Å². The van der Waals surface area contributed by atoms with Crippen molar-refractivity contribution in [3.8, 4) is 0 Å². The molecule has 0 bridgehead atoms. The van der Waals surface area contributed by atoms with Gasteiger partial charge in [-0.1, -0.05) is 277 Å². The summed E-state index contributed by atoms with van der Waals surface area (Å²) in [6.45, 7) is 6.35. The summed E-state index contributed by atoms with van der Waals surface area (Å²) in [5.74, 6) is -0.900. The maximum atomic E-state index is 12.8. The first-order valence-corrected chi connectivity index (χ1v) is 31.5. The Kier molecular flexibility index (Phi) is 59.9. The minimum absolute atomic E-state index is 0.0820. The molecular weight excluding hydrogens is 937 g/mol. The first kappa shape index (κ1) is 71.8. The van der Waals surface area contributed by atoms with E-state index in [1.54, 1.807) is 0 Å². The van der Waals surface area contributed by atoms with Crippen molar-refractivity contribution in [2.45, 2.75) is 290 Å². The summed E-state index contributed by atoms with van der Waals surface area (Å²) in [4.78, 5) is 37.9. The zero-order valence-electron chi connectivity index (χ0n) is 49.5. The van der Waals surface area contributed by atoms with Crippen LogP contribution < -0.4 is 0 Å². The van der Waals surface area contributed by atoms with Crippen molar-refractivity contribution in [3.63, 3.8) is 0 Å². The molecule has 0 radical (unpaired) electrons. The summed E-state index contributed by atoms with van der Waals surface area (Å²) in [6, 6.07) is 0. The Bertz CT molecular complexity index is 1590. The molecule has 0 aliphatic rings. The number of unbranched alkanes of at least 4 members (excludes halogenated alkanes) is 25. The molecule has 76 heavy (non-hydrogen) atoms. The average Bonchev–Trinajstić information content (AvgIpc) is 3.42. The lowest BCUT2D eigenvalue weighted by atomic mass is 10.0. The lowest BCUT2D eigenvalue weighted by Gasteiger charge is -2.18. The number of rotatable bonds is 56. The van der Waals surface area contributed by atoms with Gasteiger partial charge in [-0.15, -0.1) is 0 Å². The fourth-order valence-corrected chi connectivity index (χ4v) is 8.56. The molecule has 0 aliphatic carbocycles. The van der Waals surface area contributed by atoms with Crippen LogP contribution >= 0.6 is 0 Å². The number of hydrogen-bond acceptors (Lipinski definition) is 6. The maximum Gasteiger partial charge on any atom is 0.306 e. The first-order valence-electron chi connectivity index (χ1n) is 31.5. The van der Waals surface area contributed by atoms with Crippen LogP contribution in [0.25, 0.3) is 0 Å². The van der Waals surface area contributed by atoms with Gasteiger partial charge < -0.3 is 14.2 Å². The van der Waals surface area contributed by atoms with Crippen LogP contribution in [-0.2, 0) is 28.6 Å². The molecule has 0 heterocycles. The molecule has 0 aliphatic heterocycles. The van der Waals surface area contributed by atoms with Crippen LogP contribution in [0.4, 0.5) is 0 Å². The quantitative estimate of drug-likeness (QED) is 0.0261. The molecule has 432 valence electrons. The molecular formula is C70H116O6. The van der Waals surface area contributed by atoms with E-state index in [9.17, 15) is 14.4 Å². The monoisotopic (exact) mass is 1050 g/mol. The second-order valence-electron chi connectivity index (χ2n) is 20.6. The Morgan fingerprint density at radius 1 is 0.276 bits per heavy atom. The largest absolute Gasteiger partial charge is 0.462 e. The molecule has 0 saturated heterocycles. The van der Waals surface area contributed by atoms with Crippen LogP contribution in [0.3, 0.4) is 0 Å². The van der Waals surface area contributed by atoms with Crippen molar-refractivity contribution in [2.24, 2.45) is 0 Å². The highest BCUT2D eigenvalue weighted by molar-refractivity contribution is 5.71. The normalized spacial score (nSPS) is 12.9. The molecule has 0 rings (SSSR count). The number of allylic oxidation sites excluding steroid dienone is 20. The van der Waals surface area contributed by atoms with E-state index in [2.05, 4.69) is 142 Å². The summed E-state index contributed by atoms with van der Waals surface area (Å²) in [5.41, 5.74) is 0. The molecule has 0 spiro atoms. The van der Waals surface area contributed by atoms with Crippen LogP contribution in [0.2, 0.25) is 0 Å². The fraction of sp³-hybridized carbons (Fsp3) is 0.671. The smallest absolute Gasteiger partial charge is 0.306 e. The SMILES string of the molecule is CC/C=C\C/C=C\C/C=C\C/C=C\C/C=C\C/C=C\C/C=C\CCCCCCCCCCCCCCCC(=O)OCC(COC(=O)CCCCCCCC)OC(=O)CCCCCCCCC/C=C\C/C=C\C/C=C\CC. The van der Waals surface area contributed by atoms with E-state index in [0.717, 1.165) is 128 Å². The molecule has 1 atom stereocenters. The van der Waals surface area contributed by atoms with E-state index >= 15 is 0 Å². The third kappa shape index (κ3) is 60.7. The highest BCUT2D eigenvalue weighted by Gasteiger charge is 2.19. The summed E-state index contributed by atoms with van der Waals surface area (Å²) >= 11 is 0. The first-order chi connectivity index (χ1) is 37.5. The number of carbonyl (C=O) groups excluding carboxylic acids is 3. The Labute approximate surface area is 469 Å². The van der Waals surface area contributed by atoms with Gasteiger partial charge >= 0.3 is 17.9 Å². The van der Waals surface area contributed by atoms with Crippen molar-refractivity contribution in [1.29, 1.82) is 0 Å². The lowest BCUT2D eigenvalue weighted by Crippen LogP contribution is -2.30. The van der Waals surface area contributed by atoms with E-state index < -0.39 is 6.10 Å². The molecule has 0 aromatic carbocycles.